The summed E-state index contributed by atoms with van der Waals surface area (Å²) in [6.07, 6.45) is -3.56. The monoisotopic (exact) mass is 500 g/mol. The normalized spacial score (nSPS) is 12.2. The van der Waals surface area contributed by atoms with E-state index in [-0.39, 0.29) is 28.6 Å². The van der Waals surface area contributed by atoms with E-state index in [9.17, 15) is 18.4 Å². The summed E-state index contributed by atoms with van der Waals surface area (Å²) in [5.74, 6) is 0. The van der Waals surface area contributed by atoms with E-state index in [2.05, 4.69) is 30.8 Å². The Morgan fingerprint density at radius 1 is 1.19 bits per heavy atom. The van der Waals surface area contributed by atoms with E-state index >= 15 is 0 Å². The molecule has 0 aliphatic rings. The van der Waals surface area contributed by atoms with Crippen LogP contribution < -0.4 is 0 Å². The van der Waals surface area contributed by atoms with Crippen molar-refractivity contribution in [1.82, 2.24) is 14.8 Å². The lowest BCUT2D eigenvalue weighted by molar-refractivity contribution is -0.140. The molecule has 0 bridgehead atoms. The first-order chi connectivity index (χ1) is 14.9. The van der Waals surface area contributed by atoms with E-state index in [1.807, 2.05) is 5.10 Å². The van der Waals surface area contributed by atoms with Crippen LogP contribution in [-0.2, 0) is 17.6 Å². The highest BCUT2D eigenvalue weighted by Crippen LogP contribution is 2.41. The molecule has 32 heavy (non-hydrogen) atoms. The maximum atomic E-state index is 13.5. The largest absolute Gasteiger partial charge is 0.433 e. The molecular weight excluding hydrogens is 480 g/mol. The molecular formula is C21H21Cl2F3N4OSi. The van der Waals surface area contributed by atoms with Gasteiger partial charge in [-0.2, -0.15) is 23.5 Å². The van der Waals surface area contributed by atoms with Crippen LogP contribution >= 0.6 is 23.2 Å². The fraction of sp³-hybridized carbons (Fsp3) is 0.333. The van der Waals surface area contributed by atoms with Crippen LogP contribution in [0.1, 0.15) is 11.3 Å². The van der Waals surface area contributed by atoms with Crippen molar-refractivity contribution in [1.29, 1.82) is 5.26 Å². The third kappa shape index (κ3) is 5.38. The number of rotatable bonds is 7. The Bertz CT molecular complexity index is 1160. The summed E-state index contributed by atoms with van der Waals surface area (Å²) in [5, 5.41) is 16.0. The second kappa shape index (κ2) is 9.31. The summed E-state index contributed by atoms with van der Waals surface area (Å²) in [6, 6.07) is 9.08. The van der Waals surface area contributed by atoms with Gasteiger partial charge in [-0.15, -0.1) is 0 Å². The minimum Gasteiger partial charge on any atom is -0.361 e. The van der Waals surface area contributed by atoms with Crippen LogP contribution in [0.3, 0.4) is 0 Å². The molecule has 11 heteroatoms. The summed E-state index contributed by atoms with van der Waals surface area (Å²) in [5.41, 5.74) is -0.0593. The summed E-state index contributed by atoms with van der Waals surface area (Å²) < 4.78 is 48.0. The Kier molecular flexibility index (Phi) is 7.10. The van der Waals surface area contributed by atoms with Gasteiger partial charge in [0.2, 0.25) is 0 Å². The standard InChI is InChI=1S/C21H21Cl2F3N4OSi/c1-32(2,3)7-6-31-12-30-18(16-11-28-29-20(16)21(24,25)26)8-13(10-27)19(30)15-5-4-14(22)9-17(15)23/h4-5,8-9,11H,6-7,12H2,1-3H3,(H,28,29). The summed E-state index contributed by atoms with van der Waals surface area (Å²) in [7, 11) is -1.38. The van der Waals surface area contributed by atoms with Crippen LogP contribution in [0.15, 0.2) is 30.5 Å². The van der Waals surface area contributed by atoms with Crippen molar-refractivity contribution in [3.05, 3.63) is 51.8 Å². The third-order valence-corrected chi connectivity index (χ3v) is 7.07. The molecule has 0 unspecified atom stereocenters. The number of H-pyrrole nitrogens is 1. The highest BCUT2D eigenvalue weighted by atomic mass is 35.5. The smallest absolute Gasteiger partial charge is 0.361 e. The topological polar surface area (TPSA) is 66.6 Å². The van der Waals surface area contributed by atoms with Crippen LogP contribution in [0.5, 0.6) is 0 Å². The summed E-state index contributed by atoms with van der Waals surface area (Å²) in [4.78, 5) is 0. The second-order valence-electron chi connectivity index (χ2n) is 8.46. The number of alkyl halides is 3. The van der Waals surface area contributed by atoms with E-state index < -0.39 is 19.9 Å². The van der Waals surface area contributed by atoms with E-state index in [0.717, 1.165) is 12.2 Å². The lowest BCUT2D eigenvalue weighted by Gasteiger charge is -2.18. The molecule has 0 aliphatic heterocycles. The number of hydrogen-bond acceptors (Lipinski definition) is 3. The molecule has 3 rings (SSSR count). The van der Waals surface area contributed by atoms with Crippen LogP contribution in [0.2, 0.25) is 35.7 Å². The van der Waals surface area contributed by atoms with Crippen LogP contribution in [0.4, 0.5) is 13.2 Å². The highest BCUT2D eigenvalue weighted by Gasteiger charge is 2.37. The van der Waals surface area contributed by atoms with Crippen molar-refractivity contribution >= 4 is 31.3 Å². The van der Waals surface area contributed by atoms with Crippen molar-refractivity contribution in [2.75, 3.05) is 6.61 Å². The Morgan fingerprint density at radius 3 is 2.50 bits per heavy atom. The zero-order valence-corrected chi connectivity index (χ0v) is 20.2. The molecule has 0 aliphatic carbocycles. The molecule has 1 aromatic carbocycles. The quantitative estimate of drug-likeness (QED) is 0.279. The van der Waals surface area contributed by atoms with Gasteiger partial charge in [-0.05, 0) is 30.3 Å². The minimum absolute atomic E-state index is 0.0573. The van der Waals surface area contributed by atoms with E-state index in [4.69, 9.17) is 27.9 Å². The maximum absolute atomic E-state index is 13.5. The van der Waals surface area contributed by atoms with Crippen LogP contribution in [-0.4, -0.2) is 29.4 Å². The third-order valence-electron chi connectivity index (χ3n) is 4.82. The number of ether oxygens (including phenoxy) is 1. The fourth-order valence-corrected chi connectivity index (χ4v) is 4.45. The Morgan fingerprint density at radius 2 is 1.91 bits per heavy atom. The predicted molar refractivity (Wildman–Crippen MR) is 121 cm³/mol. The minimum atomic E-state index is -4.65. The van der Waals surface area contributed by atoms with Crippen LogP contribution in [0, 0.1) is 11.3 Å². The first kappa shape index (κ1) is 24.4. The van der Waals surface area contributed by atoms with Gasteiger partial charge in [-0.1, -0.05) is 42.8 Å². The average molecular weight is 501 g/mol. The first-order valence-electron chi connectivity index (χ1n) is 9.70. The number of aromatic amines is 1. The van der Waals surface area contributed by atoms with Gasteiger partial charge >= 0.3 is 6.18 Å². The van der Waals surface area contributed by atoms with E-state index in [1.54, 1.807) is 12.1 Å². The van der Waals surface area contributed by atoms with Crippen molar-refractivity contribution in [2.24, 2.45) is 0 Å². The van der Waals surface area contributed by atoms with Crippen molar-refractivity contribution < 1.29 is 17.9 Å². The highest BCUT2D eigenvalue weighted by molar-refractivity contribution is 6.76. The zero-order valence-electron chi connectivity index (χ0n) is 17.6. The molecule has 3 aromatic rings. The molecule has 170 valence electrons. The zero-order chi connectivity index (χ0) is 23.7. The van der Waals surface area contributed by atoms with Gasteiger partial charge < -0.3 is 9.30 Å². The molecule has 0 radical (unpaired) electrons. The maximum Gasteiger partial charge on any atom is 0.433 e. The van der Waals surface area contributed by atoms with Gasteiger partial charge in [0.25, 0.3) is 0 Å². The summed E-state index contributed by atoms with van der Waals surface area (Å²) in [6.45, 7) is 6.99. The molecule has 0 fully saturated rings. The number of aromatic nitrogens is 3. The van der Waals surface area contributed by atoms with Gasteiger partial charge in [0.05, 0.1) is 28.2 Å². The molecule has 0 atom stereocenters. The molecule has 0 amide bonds. The molecule has 1 N–H and O–H groups in total. The Balaban J connectivity index is 2.16. The average Bonchev–Trinajstić information content (AvgIpc) is 3.29. The van der Waals surface area contributed by atoms with Crippen LogP contribution in [0.25, 0.3) is 22.5 Å². The number of nitrogens with zero attached hydrogens (tertiary/aromatic N) is 3. The SMILES string of the molecule is C[Si](C)(C)CCOCn1c(-c2cn[nH]c2C(F)(F)F)cc(C#N)c1-c1ccc(Cl)cc1Cl. The van der Waals surface area contributed by atoms with E-state index in [1.165, 1.54) is 16.7 Å². The molecule has 5 nitrogen and oxygen atoms in total. The molecule has 2 aromatic heterocycles. The number of benzene rings is 1. The van der Waals surface area contributed by atoms with Crippen molar-refractivity contribution in [3.8, 4) is 28.6 Å². The second-order valence-corrected chi connectivity index (χ2v) is 14.9. The molecule has 2 heterocycles. The number of hydrogen-bond donors (Lipinski definition) is 1. The van der Waals surface area contributed by atoms with Gasteiger partial charge in [-0.3, -0.25) is 5.10 Å². The lowest BCUT2D eigenvalue weighted by atomic mass is 10.1. The van der Waals surface area contributed by atoms with Gasteiger partial charge in [0.1, 0.15) is 18.5 Å². The van der Waals surface area contributed by atoms with Gasteiger partial charge in [0.15, 0.2) is 0 Å². The lowest BCUT2D eigenvalue weighted by Crippen LogP contribution is -2.22. The fourth-order valence-electron chi connectivity index (χ4n) is 3.19. The predicted octanol–water partition coefficient (Wildman–Crippen LogP) is 7.05. The molecule has 0 saturated carbocycles. The van der Waals surface area contributed by atoms with Crippen molar-refractivity contribution in [2.45, 2.75) is 38.6 Å². The molecule has 0 spiro atoms. The van der Waals surface area contributed by atoms with Gasteiger partial charge in [-0.25, -0.2) is 0 Å². The Hall–Kier alpha value is -2.25. The van der Waals surface area contributed by atoms with Crippen molar-refractivity contribution in [3.63, 3.8) is 0 Å². The number of nitrogens with one attached hydrogen (secondary N) is 1. The molecule has 0 saturated heterocycles. The number of halogens is 5. The summed E-state index contributed by atoms with van der Waals surface area (Å²) >= 11 is 12.4. The van der Waals surface area contributed by atoms with E-state index in [0.29, 0.717) is 22.9 Å². The first-order valence-corrected chi connectivity index (χ1v) is 14.2. The van der Waals surface area contributed by atoms with Gasteiger partial charge in [0, 0.05) is 30.8 Å². The number of nitriles is 1. The Labute approximate surface area is 194 Å².